The van der Waals surface area contributed by atoms with E-state index in [4.69, 9.17) is 0 Å². The first kappa shape index (κ1) is 14.9. The van der Waals surface area contributed by atoms with Gasteiger partial charge in [0.1, 0.15) is 5.75 Å². The summed E-state index contributed by atoms with van der Waals surface area (Å²) >= 11 is 0. The molecule has 0 bridgehead atoms. The fourth-order valence-electron chi connectivity index (χ4n) is 3.15. The third-order valence-corrected chi connectivity index (χ3v) is 4.67. The van der Waals surface area contributed by atoms with Crippen LogP contribution in [0.3, 0.4) is 0 Å². The van der Waals surface area contributed by atoms with Crippen molar-refractivity contribution < 1.29 is 15.0 Å². The lowest BCUT2D eigenvalue weighted by molar-refractivity contribution is -0.153. The van der Waals surface area contributed by atoms with Gasteiger partial charge < -0.3 is 10.2 Å². The molecule has 1 heterocycles. The summed E-state index contributed by atoms with van der Waals surface area (Å²) in [5.74, 6) is -0.419. The van der Waals surface area contributed by atoms with Crippen LogP contribution >= 0.6 is 0 Å². The summed E-state index contributed by atoms with van der Waals surface area (Å²) in [5, 5.41) is 19.5. The minimum absolute atomic E-state index is 0.0294. The summed E-state index contributed by atoms with van der Waals surface area (Å²) < 4.78 is 0. The van der Waals surface area contributed by atoms with E-state index in [2.05, 4.69) is 4.90 Å². The lowest BCUT2D eigenvalue weighted by Crippen LogP contribution is -2.48. The van der Waals surface area contributed by atoms with Crippen molar-refractivity contribution in [1.29, 1.82) is 0 Å². The molecule has 0 spiro atoms. The highest BCUT2D eigenvalue weighted by Gasteiger charge is 2.42. The maximum absolute atomic E-state index is 11.6. The molecule has 1 aliphatic rings. The Kier molecular flexibility index (Phi) is 4.33. The van der Waals surface area contributed by atoms with Crippen LogP contribution in [-0.2, 0) is 4.79 Å². The molecule has 0 aliphatic carbocycles. The van der Waals surface area contributed by atoms with Crippen molar-refractivity contribution in [3.63, 3.8) is 0 Å². The summed E-state index contributed by atoms with van der Waals surface area (Å²) in [6.45, 7) is 5.41. The van der Waals surface area contributed by atoms with E-state index in [0.717, 1.165) is 24.9 Å². The average molecular weight is 277 g/mol. The molecule has 2 atom stereocenters. The van der Waals surface area contributed by atoms with Crippen molar-refractivity contribution in [3.8, 4) is 5.75 Å². The number of phenolic OH excluding ortho intramolecular Hbond substituents is 1. The number of benzene rings is 1. The number of carboxylic acids is 1. The second kappa shape index (κ2) is 5.83. The molecule has 0 saturated carbocycles. The average Bonchev–Trinajstić information content (AvgIpc) is 2.47. The number of para-hydroxylation sites is 1. The highest BCUT2D eigenvalue weighted by Crippen LogP contribution is 2.38. The number of rotatable bonds is 4. The van der Waals surface area contributed by atoms with Gasteiger partial charge in [-0.05, 0) is 38.8 Å². The third kappa shape index (κ3) is 2.66. The molecule has 110 valence electrons. The van der Waals surface area contributed by atoms with Crippen LogP contribution in [0.25, 0.3) is 0 Å². The minimum atomic E-state index is -0.700. The van der Waals surface area contributed by atoms with E-state index in [-0.39, 0.29) is 11.8 Å². The first-order valence-electron chi connectivity index (χ1n) is 7.25. The Morgan fingerprint density at radius 2 is 2.15 bits per heavy atom. The van der Waals surface area contributed by atoms with Gasteiger partial charge in [0.05, 0.1) is 5.41 Å². The number of piperidine rings is 1. The van der Waals surface area contributed by atoms with Gasteiger partial charge >= 0.3 is 5.97 Å². The maximum atomic E-state index is 11.6. The van der Waals surface area contributed by atoms with Crippen molar-refractivity contribution in [2.24, 2.45) is 5.41 Å². The van der Waals surface area contributed by atoms with E-state index < -0.39 is 11.4 Å². The lowest BCUT2D eigenvalue weighted by atomic mass is 9.77. The number of carboxylic acid groups (broad SMARTS) is 1. The van der Waals surface area contributed by atoms with Gasteiger partial charge in [0, 0.05) is 18.2 Å². The Balaban J connectivity index is 2.21. The molecule has 4 nitrogen and oxygen atoms in total. The van der Waals surface area contributed by atoms with Crippen molar-refractivity contribution in [2.75, 3.05) is 13.1 Å². The van der Waals surface area contributed by atoms with Crippen LogP contribution in [0.4, 0.5) is 0 Å². The third-order valence-electron chi connectivity index (χ3n) is 4.67. The summed E-state index contributed by atoms with van der Waals surface area (Å²) in [6.07, 6.45) is 2.27. The zero-order chi connectivity index (χ0) is 14.8. The Morgan fingerprint density at radius 1 is 1.45 bits per heavy atom. The molecule has 0 radical (unpaired) electrons. The standard InChI is InChI=1S/C16H23NO3/c1-3-16(15(19)20)9-6-10-17(11-16)12(2)13-7-4-5-8-14(13)18/h4-5,7-8,12,18H,3,6,9-11H2,1-2H3,(H,19,20). The quantitative estimate of drug-likeness (QED) is 0.888. The van der Waals surface area contributed by atoms with Gasteiger partial charge in [-0.2, -0.15) is 0 Å². The molecule has 2 unspecified atom stereocenters. The second-order valence-electron chi connectivity index (χ2n) is 5.75. The predicted octanol–water partition coefficient (Wildman–Crippen LogP) is 3.03. The zero-order valence-corrected chi connectivity index (χ0v) is 12.2. The number of carbonyl (C=O) groups is 1. The lowest BCUT2D eigenvalue weighted by Gasteiger charge is -2.42. The Bertz CT molecular complexity index is 488. The fraction of sp³-hybridized carbons (Fsp3) is 0.562. The van der Waals surface area contributed by atoms with Crippen LogP contribution in [0, 0.1) is 5.41 Å². The van der Waals surface area contributed by atoms with Crippen LogP contribution in [0.5, 0.6) is 5.75 Å². The predicted molar refractivity (Wildman–Crippen MR) is 77.7 cm³/mol. The van der Waals surface area contributed by atoms with Crippen LogP contribution in [0.2, 0.25) is 0 Å². The van der Waals surface area contributed by atoms with Crippen molar-refractivity contribution >= 4 is 5.97 Å². The van der Waals surface area contributed by atoms with Crippen LogP contribution < -0.4 is 0 Å². The highest BCUT2D eigenvalue weighted by atomic mass is 16.4. The number of hydrogen-bond acceptors (Lipinski definition) is 3. The van der Waals surface area contributed by atoms with E-state index >= 15 is 0 Å². The van der Waals surface area contributed by atoms with Crippen molar-refractivity contribution in [3.05, 3.63) is 29.8 Å². The molecule has 1 fully saturated rings. The summed E-state index contributed by atoms with van der Waals surface area (Å²) in [6, 6.07) is 7.32. The molecule has 2 rings (SSSR count). The van der Waals surface area contributed by atoms with Gasteiger partial charge in [-0.3, -0.25) is 9.69 Å². The van der Waals surface area contributed by atoms with Crippen molar-refractivity contribution in [2.45, 2.75) is 39.2 Å². The smallest absolute Gasteiger partial charge is 0.310 e. The first-order valence-corrected chi connectivity index (χ1v) is 7.25. The van der Waals surface area contributed by atoms with Crippen molar-refractivity contribution in [1.82, 2.24) is 4.90 Å². The summed E-state index contributed by atoms with van der Waals surface area (Å²) in [5.41, 5.74) is 0.224. The van der Waals surface area contributed by atoms with Gasteiger partial charge in [-0.25, -0.2) is 0 Å². The molecule has 2 N–H and O–H groups in total. The molecule has 20 heavy (non-hydrogen) atoms. The largest absolute Gasteiger partial charge is 0.508 e. The molecule has 0 amide bonds. The number of aromatic hydroxyl groups is 1. The maximum Gasteiger partial charge on any atom is 0.310 e. The number of likely N-dealkylation sites (tertiary alicyclic amines) is 1. The van der Waals surface area contributed by atoms with E-state index in [1.807, 2.05) is 26.0 Å². The number of aliphatic carboxylic acids is 1. The second-order valence-corrected chi connectivity index (χ2v) is 5.75. The molecule has 1 aromatic carbocycles. The number of hydrogen-bond donors (Lipinski definition) is 2. The first-order chi connectivity index (χ1) is 9.50. The normalized spacial score (nSPS) is 25.3. The SMILES string of the molecule is CCC1(C(=O)O)CCCN(C(C)c2ccccc2O)C1. The fourth-order valence-corrected chi connectivity index (χ4v) is 3.15. The highest BCUT2D eigenvalue weighted by molar-refractivity contribution is 5.75. The van der Waals surface area contributed by atoms with Gasteiger partial charge in [0.25, 0.3) is 0 Å². The molecule has 1 saturated heterocycles. The van der Waals surface area contributed by atoms with Gasteiger partial charge in [-0.15, -0.1) is 0 Å². The van der Waals surface area contributed by atoms with Crippen LogP contribution in [-0.4, -0.2) is 34.2 Å². The number of nitrogens with zero attached hydrogens (tertiary/aromatic N) is 1. The number of phenols is 1. The zero-order valence-electron chi connectivity index (χ0n) is 12.2. The molecule has 4 heteroatoms. The van der Waals surface area contributed by atoms with Crippen LogP contribution in [0.15, 0.2) is 24.3 Å². The monoisotopic (exact) mass is 277 g/mol. The van der Waals surface area contributed by atoms with Gasteiger partial charge in [0.15, 0.2) is 0 Å². The topological polar surface area (TPSA) is 60.8 Å². The molecule has 0 aromatic heterocycles. The molecule has 1 aliphatic heterocycles. The van der Waals surface area contributed by atoms with Gasteiger partial charge in [-0.1, -0.05) is 25.1 Å². The Hall–Kier alpha value is -1.55. The summed E-state index contributed by atoms with van der Waals surface area (Å²) in [7, 11) is 0. The molecule has 1 aromatic rings. The molecular weight excluding hydrogens is 254 g/mol. The van der Waals surface area contributed by atoms with E-state index in [0.29, 0.717) is 13.0 Å². The van der Waals surface area contributed by atoms with E-state index in [1.54, 1.807) is 12.1 Å². The Labute approximate surface area is 120 Å². The Morgan fingerprint density at radius 3 is 2.75 bits per heavy atom. The van der Waals surface area contributed by atoms with E-state index in [1.165, 1.54) is 0 Å². The summed E-state index contributed by atoms with van der Waals surface area (Å²) in [4.78, 5) is 13.8. The minimum Gasteiger partial charge on any atom is -0.508 e. The van der Waals surface area contributed by atoms with Gasteiger partial charge in [0.2, 0.25) is 0 Å². The molecular formula is C16H23NO3. The van der Waals surface area contributed by atoms with E-state index in [9.17, 15) is 15.0 Å². The van der Waals surface area contributed by atoms with Crippen LogP contribution in [0.1, 0.15) is 44.7 Å².